The minimum Gasteiger partial charge on any atom is -0.481 e. The second kappa shape index (κ2) is 34.7. The highest BCUT2D eigenvalue weighted by atomic mass is 16.4. The van der Waals surface area contributed by atoms with Gasteiger partial charge < -0.3 is 31.1 Å². The number of carboxylic acids is 2. The predicted octanol–water partition coefficient (Wildman–Crippen LogP) is 7.81. The summed E-state index contributed by atoms with van der Waals surface area (Å²) in [7, 11) is 0. The molecule has 0 aromatic rings. The van der Waals surface area contributed by atoms with Crippen LogP contribution in [0.2, 0.25) is 0 Å². The molecule has 6 N–H and O–H groups in total. The molecule has 2 unspecified atom stereocenters. The van der Waals surface area contributed by atoms with E-state index in [9.17, 15) is 19.2 Å². The van der Waals surface area contributed by atoms with E-state index in [1.807, 2.05) is 0 Å². The molecule has 48 heavy (non-hydrogen) atoms. The summed E-state index contributed by atoms with van der Waals surface area (Å²) in [6.07, 6.45) is 25.9. The van der Waals surface area contributed by atoms with Crippen molar-refractivity contribution in [3.63, 3.8) is 0 Å². The molecule has 0 radical (unpaired) electrons. The predicted molar refractivity (Wildman–Crippen MR) is 192 cm³/mol. The average Bonchev–Trinajstić information content (AvgIpc) is 3.04. The van der Waals surface area contributed by atoms with E-state index in [0.717, 1.165) is 141 Å². The topological polar surface area (TPSA) is 173 Å². The molecule has 0 aliphatic rings. The van der Waals surface area contributed by atoms with Crippen LogP contribution in [0, 0.1) is 0 Å². The van der Waals surface area contributed by atoms with E-state index in [4.69, 9.17) is 20.4 Å². The van der Waals surface area contributed by atoms with E-state index in [2.05, 4.69) is 10.6 Å². The molecule has 0 aliphatic carbocycles. The van der Waals surface area contributed by atoms with Crippen molar-refractivity contribution in [2.75, 3.05) is 13.2 Å². The first kappa shape index (κ1) is 45.8. The van der Waals surface area contributed by atoms with Gasteiger partial charge in [-0.25, -0.2) is 0 Å². The Kier molecular flexibility index (Phi) is 33.1. The minimum absolute atomic E-state index is 0.0459. The van der Waals surface area contributed by atoms with Crippen LogP contribution >= 0.6 is 0 Å². The second-order valence-electron chi connectivity index (χ2n) is 13.7. The first-order chi connectivity index (χ1) is 23.3. The maximum atomic E-state index is 12.8. The Balaban J connectivity index is 4.52. The van der Waals surface area contributed by atoms with E-state index in [-0.39, 0.29) is 50.0 Å². The van der Waals surface area contributed by atoms with E-state index >= 15 is 0 Å². The van der Waals surface area contributed by atoms with Crippen molar-refractivity contribution < 1.29 is 39.6 Å². The molecule has 2 amide bonds. The van der Waals surface area contributed by atoms with Crippen molar-refractivity contribution in [2.24, 2.45) is 0 Å². The largest absolute Gasteiger partial charge is 0.481 e. The van der Waals surface area contributed by atoms with E-state index < -0.39 is 11.9 Å². The molecule has 10 heteroatoms. The Morgan fingerprint density at radius 2 is 0.604 bits per heavy atom. The van der Waals surface area contributed by atoms with Gasteiger partial charge >= 0.3 is 11.9 Å². The summed E-state index contributed by atoms with van der Waals surface area (Å²) in [5.41, 5.74) is 0. The molecular weight excluding hydrogens is 612 g/mol. The number of aliphatic hydroxyl groups excluding tert-OH is 2. The zero-order chi connectivity index (χ0) is 35.5. The summed E-state index contributed by atoms with van der Waals surface area (Å²) in [6.45, 7) is 0.470. The van der Waals surface area contributed by atoms with Crippen molar-refractivity contribution in [1.29, 1.82) is 0 Å². The van der Waals surface area contributed by atoms with Crippen LogP contribution in [0.5, 0.6) is 0 Å². The van der Waals surface area contributed by atoms with Crippen LogP contribution in [0.15, 0.2) is 0 Å². The summed E-state index contributed by atoms with van der Waals surface area (Å²) >= 11 is 0. The Hall–Kier alpha value is -2.20. The number of hydrogen-bond donors (Lipinski definition) is 6. The molecule has 0 aliphatic heterocycles. The lowest BCUT2D eigenvalue weighted by molar-refractivity contribution is -0.138. The number of rotatable bonds is 37. The molecule has 2 atom stereocenters. The molecule has 0 saturated heterocycles. The monoisotopic (exact) mass is 685 g/mol. The van der Waals surface area contributed by atoms with Gasteiger partial charge in [0.05, 0.1) is 0 Å². The Morgan fingerprint density at radius 1 is 0.354 bits per heavy atom. The Morgan fingerprint density at radius 3 is 0.896 bits per heavy atom. The Bertz CT molecular complexity index is 731. The molecule has 10 nitrogen and oxygen atoms in total. The summed E-state index contributed by atoms with van der Waals surface area (Å²) in [6, 6.07) is 0.276. The third-order valence-electron chi connectivity index (χ3n) is 9.10. The average molecular weight is 685 g/mol. The fraction of sp³-hybridized carbons (Fsp3) is 0.895. The van der Waals surface area contributed by atoms with Crippen LogP contribution in [-0.2, 0) is 19.2 Å². The number of amides is 2. The summed E-state index contributed by atoms with van der Waals surface area (Å²) in [5, 5.41) is 42.1. The number of carbonyl (C=O) groups is 4. The quantitative estimate of drug-likeness (QED) is 0.0359. The SMILES string of the molecule is O=C(O)CCCCCCCC(CCCCCCCO)NC(=O)CCCCC(=O)NC(CCCCCCCO)CCCCCCCC(=O)O. The van der Waals surface area contributed by atoms with Crippen LogP contribution in [0.3, 0.4) is 0 Å². The zero-order valence-corrected chi connectivity index (χ0v) is 30.2. The first-order valence-corrected chi connectivity index (χ1v) is 19.5. The number of carboxylic acid groups (broad SMARTS) is 2. The van der Waals surface area contributed by atoms with Crippen LogP contribution in [0.25, 0.3) is 0 Å². The van der Waals surface area contributed by atoms with Crippen molar-refractivity contribution >= 4 is 23.8 Å². The lowest BCUT2D eigenvalue weighted by atomic mass is 9.99. The van der Waals surface area contributed by atoms with Crippen molar-refractivity contribution in [3.05, 3.63) is 0 Å². The second-order valence-corrected chi connectivity index (χ2v) is 13.7. The smallest absolute Gasteiger partial charge is 0.303 e. The highest BCUT2D eigenvalue weighted by Gasteiger charge is 2.15. The number of hydrogen-bond acceptors (Lipinski definition) is 6. The number of nitrogens with one attached hydrogen (secondary N) is 2. The number of carbonyl (C=O) groups excluding carboxylic acids is 2. The molecule has 0 aromatic heterocycles. The lowest BCUT2D eigenvalue weighted by Crippen LogP contribution is -2.35. The van der Waals surface area contributed by atoms with Gasteiger partial charge in [-0.3, -0.25) is 19.2 Å². The van der Waals surface area contributed by atoms with Crippen LogP contribution in [0.4, 0.5) is 0 Å². The lowest BCUT2D eigenvalue weighted by Gasteiger charge is -2.20. The highest BCUT2D eigenvalue weighted by Crippen LogP contribution is 2.16. The third-order valence-corrected chi connectivity index (χ3v) is 9.10. The highest BCUT2D eigenvalue weighted by molar-refractivity contribution is 5.77. The Labute approximate surface area is 291 Å². The molecule has 0 aromatic carbocycles. The maximum absolute atomic E-state index is 12.8. The number of unbranched alkanes of at least 4 members (excludes halogenated alkanes) is 17. The van der Waals surface area contributed by atoms with Crippen LogP contribution in [0.1, 0.15) is 193 Å². The standard InChI is InChI=1S/C38H72N2O8/c41-31-21-11-3-7-15-25-33(23-13-5-1-9-17-29-37(45)46)39-35(43)27-19-20-28-36(44)40-34(26-16-8-4-12-22-32-42)24-14-6-2-10-18-30-38(47)48/h33-34,41-42H,1-32H2,(H,39,43)(H,40,44)(H,45,46)(H,47,48). The fourth-order valence-corrected chi connectivity index (χ4v) is 6.21. The molecule has 0 fully saturated rings. The fourth-order valence-electron chi connectivity index (χ4n) is 6.21. The molecule has 0 heterocycles. The normalized spacial score (nSPS) is 12.5. The van der Waals surface area contributed by atoms with Gasteiger partial charge in [-0.1, -0.05) is 103 Å². The van der Waals surface area contributed by atoms with Crippen LogP contribution < -0.4 is 10.6 Å². The van der Waals surface area contributed by atoms with E-state index in [1.54, 1.807) is 0 Å². The maximum Gasteiger partial charge on any atom is 0.303 e. The molecular formula is C38H72N2O8. The van der Waals surface area contributed by atoms with E-state index in [1.165, 1.54) is 0 Å². The van der Waals surface area contributed by atoms with Gasteiger partial charge in [-0.15, -0.1) is 0 Å². The van der Waals surface area contributed by atoms with Gasteiger partial charge in [0.2, 0.25) is 11.8 Å². The molecule has 0 spiro atoms. The van der Waals surface area contributed by atoms with Gasteiger partial charge in [0.25, 0.3) is 0 Å². The summed E-state index contributed by atoms with van der Waals surface area (Å²) in [5.74, 6) is -1.39. The van der Waals surface area contributed by atoms with Gasteiger partial charge in [-0.05, 0) is 64.2 Å². The van der Waals surface area contributed by atoms with Crippen molar-refractivity contribution in [2.45, 2.75) is 205 Å². The number of aliphatic hydroxyl groups is 2. The first-order valence-electron chi connectivity index (χ1n) is 19.5. The van der Waals surface area contributed by atoms with Crippen molar-refractivity contribution in [1.82, 2.24) is 10.6 Å². The molecule has 0 rings (SSSR count). The van der Waals surface area contributed by atoms with E-state index in [0.29, 0.717) is 38.5 Å². The minimum atomic E-state index is -0.742. The van der Waals surface area contributed by atoms with Gasteiger partial charge in [0, 0.05) is 51.0 Å². The van der Waals surface area contributed by atoms with Gasteiger partial charge in [-0.2, -0.15) is 0 Å². The molecule has 0 bridgehead atoms. The van der Waals surface area contributed by atoms with Crippen molar-refractivity contribution in [3.8, 4) is 0 Å². The zero-order valence-electron chi connectivity index (χ0n) is 30.2. The van der Waals surface area contributed by atoms with Crippen LogP contribution in [-0.4, -0.2) is 69.5 Å². The molecule has 0 saturated carbocycles. The summed E-state index contributed by atoms with van der Waals surface area (Å²) in [4.78, 5) is 47.0. The third kappa shape index (κ3) is 33.7. The number of aliphatic carboxylic acids is 2. The molecule has 282 valence electrons. The summed E-state index contributed by atoms with van der Waals surface area (Å²) < 4.78 is 0. The van der Waals surface area contributed by atoms with Gasteiger partial charge in [0.1, 0.15) is 0 Å². The van der Waals surface area contributed by atoms with Gasteiger partial charge in [0.15, 0.2) is 0 Å².